The Labute approximate surface area is 161 Å². The van der Waals surface area contributed by atoms with Gasteiger partial charge in [-0.3, -0.25) is 14.2 Å². The summed E-state index contributed by atoms with van der Waals surface area (Å²) >= 11 is 1.45. The molecule has 3 aromatic heterocycles. The topological polar surface area (TPSA) is 50.5 Å². The molecule has 0 spiro atoms. The summed E-state index contributed by atoms with van der Waals surface area (Å²) in [6.07, 6.45) is 6.37. The number of amides is 1. The van der Waals surface area contributed by atoms with Crippen molar-refractivity contribution in [2.75, 3.05) is 13.6 Å². The minimum Gasteiger partial charge on any atom is -0.341 e. The standard InChI is InChI=1S/C21H20N4OS/c1-15-19(20(26)24(2)13-10-16-8-11-22-12-9-16)27-21-23-18(14-25(15)21)17-6-4-3-5-7-17/h3-9,11-12,14H,10,13H2,1-2H3. The number of hydrogen-bond donors (Lipinski definition) is 0. The number of hydrogen-bond acceptors (Lipinski definition) is 4. The maximum Gasteiger partial charge on any atom is 0.265 e. The van der Waals surface area contributed by atoms with E-state index in [0.29, 0.717) is 6.54 Å². The number of thiazole rings is 1. The average Bonchev–Trinajstić information content (AvgIpc) is 3.26. The average molecular weight is 376 g/mol. The Kier molecular flexibility index (Phi) is 4.73. The van der Waals surface area contributed by atoms with Crippen molar-refractivity contribution in [3.8, 4) is 11.3 Å². The molecule has 3 heterocycles. The molecule has 1 aromatic carbocycles. The lowest BCUT2D eigenvalue weighted by Gasteiger charge is -2.16. The van der Waals surface area contributed by atoms with Gasteiger partial charge < -0.3 is 4.90 Å². The third-order valence-corrected chi connectivity index (χ3v) is 5.80. The third kappa shape index (κ3) is 3.48. The second-order valence-electron chi connectivity index (χ2n) is 6.49. The lowest BCUT2D eigenvalue weighted by molar-refractivity contribution is 0.0800. The van der Waals surface area contributed by atoms with E-state index in [4.69, 9.17) is 4.98 Å². The number of pyridine rings is 1. The van der Waals surface area contributed by atoms with Gasteiger partial charge in [-0.15, -0.1) is 0 Å². The second-order valence-corrected chi connectivity index (χ2v) is 7.47. The van der Waals surface area contributed by atoms with Gasteiger partial charge in [-0.05, 0) is 31.0 Å². The van der Waals surface area contributed by atoms with Gasteiger partial charge in [0.25, 0.3) is 5.91 Å². The van der Waals surface area contributed by atoms with E-state index in [1.807, 2.05) is 67.0 Å². The van der Waals surface area contributed by atoms with Crippen LogP contribution < -0.4 is 0 Å². The minimum atomic E-state index is 0.0401. The van der Waals surface area contributed by atoms with E-state index in [1.165, 1.54) is 16.9 Å². The van der Waals surface area contributed by atoms with Gasteiger partial charge in [0.2, 0.25) is 0 Å². The van der Waals surface area contributed by atoms with Gasteiger partial charge in [0.1, 0.15) is 4.88 Å². The predicted molar refractivity (Wildman–Crippen MR) is 108 cm³/mol. The first kappa shape index (κ1) is 17.4. The molecule has 4 aromatic rings. The van der Waals surface area contributed by atoms with Crippen LogP contribution in [0.25, 0.3) is 16.2 Å². The first-order valence-electron chi connectivity index (χ1n) is 8.82. The van der Waals surface area contributed by atoms with E-state index < -0.39 is 0 Å². The summed E-state index contributed by atoms with van der Waals surface area (Å²) < 4.78 is 2.01. The molecule has 0 N–H and O–H groups in total. The number of carbonyl (C=O) groups excluding carboxylic acids is 1. The molecule has 0 fully saturated rings. The molecule has 0 radical (unpaired) electrons. The monoisotopic (exact) mass is 376 g/mol. The van der Waals surface area contributed by atoms with Gasteiger partial charge in [0, 0.05) is 43.4 Å². The molecule has 27 heavy (non-hydrogen) atoms. The van der Waals surface area contributed by atoms with Gasteiger partial charge >= 0.3 is 0 Å². The van der Waals surface area contributed by atoms with Gasteiger partial charge in [0.05, 0.1) is 5.69 Å². The Morgan fingerprint density at radius 3 is 2.59 bits per heavy atom. The third-order valence-electron chi connectivity index (χ3n) is 4.65. The largest absolute Gasteiger partial charge is 0.341 e. The summed E-state index contributed by atoms with van der Waals surface area (Å²) in [4.78, 5) is 25.0. The van der Waals surface area contributed by atoms with Gasteiger partial charge in [0.15, 0.2) is 4.96 Å². The number of aryl methyl sites for hydroxylation is 1. The molecule has 0 aliphatic rings. The van der Waals surface area contributed by atoms with Crippen molar-refractivity contribution in [2.24, 2.45) is 0 Å². The second kappa shape index (κ2) is 7.32. The summed E-state index contributed by atoms with van der Waals surface area (Å²) in [6, 6.07) is 14.0. The first-order valence-corrected chi connectivity index (χ1v) is 9.63. The number of rotatable bonds is 5. The summed E-state index contributed by atoms with van der Waals surface area (Å²) in [5.74, 6) is 0.0401. The summed E-state index contributed by atoms with van der Waals surface area (Å²) in [6.45, 7) is 2.64. The molecule has 4 rings (SSSR count). The Morgan fingerprint density at radius 2 is 1.89 bits per heavy atom. The zero-order chi connectivity index (χ0) is 18.8. The van der Waals surface area contributed by atoms with Crippen molar-refractivity contribution in [1.29, 1.82) is 0 Å². The highest BCUT2D eigenvalue weighted by molar-refractivity contribution is 7.19. The maximum atomic E-state index is 12.9. The van der Waals surface area contributed by atoms with Crippen LogP contribution in [0.5, 0.6) is 0 Å². The molecule has 0 unspecified atom stereocenters. The number of likely N-dealkylation sites (N-methyl/N-ethyl adjacent to an activating group) is 1. The van der Waals surface area contributed by atoms with Crippen LogP contribution in [0.4, 0.5) is 0 Å². The molecule has 0 atom stereocenters. The van der Waals surface area contributed by atoms with Crippen LogP contribution in [-0.2, 0) is 6.42 Å². The molecule has 5 nitrogen and oxygen atoms in total. The number of aromatic nitrogens is 3. The first-order chi connectivity index (χ1) is 13.1. The zero-order valence-corrected chi connectivity index (χ0v) is 16.1. The Balaban J connectivity index is 1.53. The van der Waals surface area contributed by atoms with Gasteiger partial charge in [-0.25, -0.2) is 4.98 Å². The van der Waals surface area contributed by atoms with E-state index in [1.54, 1.807) is 17.3 Å². The molecular weight excluding hydrogens is 356 g/mol. The number of benzene rings is 1. The Morgan fingerprint density at radius 1 is 1.15 bits per heavy atom. The van der Waals surface area contributed by atoms with Crippen LogP contribution in [-0.4, -0.2) is 38.8 Å². The van der Waals surface area contributed by atoms with Crippen molar-refractivity contribution >= 4 is 22.2 Å². The lowest BCUT2D eigenvalue weighted by Crippen LogP contribution is -2.28. The zero-order valence-electron chi connectivity index (χ0n) is 15.3. The molecule has 0 saturated carbocycles. The van der Waals surface area contributed by atoms with E-state index in [0.717, 1.165) is 33.2 Å². The highest BCUT2D eigenvalue weighted by Crippen LogP contribution is 2.27. The van der Waals surface area contributed by atoms with Gasteiger partial charge in [-0.1, -0.05) is 41.7 Å². The number of fused-ring (bicyclic) bond motifs is 1. The van der Waals surface area contributed by atoms with E-state index in [9.17, 15) is 4.79 Å². The van der Waals surface area contributed by atoms with E-state index >= 15 is 0 Å². The molecule has 0 aliphatic heterocycles. The lowest BCUT2D eigenvalue weighted by atomic mass is 10.2. The van der Waals surface area contributed by atoms with Crippen LogP contribution in [0.3, 0.4) is 0 Å². The molecular formula is C21H20N4OS. The maximum absolute atomic E-state index is 12.9. The smallest absolute Gasteiger partial charge is 0.265 e. The summed E-state index contributed by atoms with van der Waals surface area (Å²) in [5, 5.41) is 0. The number of nitrogens with zero attached hydrogens (tertiary/aromatic N) is 4. The minimum absolute atomic E-state index is 0.0401. The van der Waals surface area contributed by atoms with E-state index in [-0.39, 0.29) is 5.91 Å². The van der Waals surface area contributed by atoms with Crippen LogP contribution in [0.15, 0.2) is 61.1 Å². The molecule has 0 bridgehead atoms. The van der Waals surface area contributed by atoms with Gasteiger partial charge in [-0.2, -0.15) is 0 Å². The van der Waals surface area contributed by atoms with Crippen LogP contribution in [0.2, 0.25) is 0 Å². The molecule has 0 saturated heterocycles. The summed E-state index contributed by atoms with van der Waals surface area (Å²) in [7, 11) is 1.85. The fraction of sp³-hybridized carbons (Fsp3) is 0.190. The van der Waals surface area contributed by atoms with Crippen molar-refractivity contribution in [2.45, 2.75) is 13.3 Å². The predicted octanol–water partition coefficient (Wildman–Crippen LogP) is 4.08. The Bertz CT molecular complexity index is 1070. The normalized spacial score (nSPS) is 11.0. The highest BCUT2D eigenvalue weighted by atomic mass is 32.1. The SMILES string of the molecule is Cc1c(C(=O)N(C)CCc2ccncc2)sc2nc(-c3ccccc3)cn12. The van der Waals surface area contributed by atoms with Crippen molar-refractivity contribution in [3.05, 3.63) is 77.2 Å². The van der Waals surface area contributed by atoms with Crippen molar-refractivity contribution in [1.82, 2.24) is 19.3 Å². The quantitative estimate of drug-likeness (QED) is 0.527. The van der Waals surface area contributed by atoms with Crippen LogP contribution in [0.1, 0.15) is 20.9 Å². The molecule has 6 heteroatoms. The van der Waals surface area contributed by atoms with Crippen LogP contribution in [0, 0.1) is 6.92 Å². The Hall–Kier alpha value is -2.99. The molecule has 136 valence electrons. The van der Waals surface area contributed by atoms with Crippen molar-refractivity contribution in [3.63, 3.8) is 0 Å². The van der Waals surface area contributed by atoms with Crippen LogP contribution >= 0.6 is 11.3 Å². The van der Waals surface area contributed by atoms with Crippen molar-refractivity contribution < 1.29 is 4.79 Å². The summed E-state index contributed by atoms with van der Waals surface area (Å²) in [5.41, 5.74) is 4.12. The fourth-order valence-electron chi connectivity index (χ4n) is 3.02. The molecule has 1 amide bonds. The fourth-order valence-corrected chi connectivity index (χ4v) is 4.12. The van der Waals surface area contributed by atoms with E-state index in [2.05, 4.69) is 4.98 Å². The number of imidazole rings is 1. The number of carbonyl (C=O) groups is 1. The highest BCUT2D eigenvalue weighted by Gasteiger charge is 2.20. The molecule has 0 aliphatic carbocycles.